The molecule has 0 amide bonds. The van der Waals surface area contributed by atoms with E-state index >= 15 is 0 Å². The van der Waals surface area contributed by atoms with Gasteiger partial charge in [0.1, 0.15) is 5.52 Å². The summed E-state index contributed by atoms with van der Waals surface area (Å²) in [5.41, 5.74) is 4.52. The van der Waals surface area contributed by atoms with Crippen molar-refractivity contribution in [1.82, 2.24) is 14.5 Å². The molecule has 2 aromatic carbocycles. The Bertz CT molecular complexity index is 1250. The second kappa shape index (κ2) is 8.71. The van der Waals surface area contributed by atoms with E-state index in [4.69, 9.17) is 9.72 Å². The standard InChI is InChI=1S/C25H25N3O2S/c1-2-30-24(29)8-5-15-31-25-27-21-16-26-14-13-23(21)28(25)22-12-11-18(17-9-10-17)19-6-3-4-7-20(19)22/h3-4,6-7,11-14,16-17H,2,5,8-10,15H2,1H3. The molecule has 0 atom stereocenters. The van der Waals surface area contributed by atoms with E-state index in [1.165, 1.54) is 29.2 Å². The number of aromatic nitrogens is 3. The number of thioether (sulfide) groups is 1. The fraction of sp³-hybridized carbons (Fsp3) is 0.320. The van der Waals surface area contributed by atoms with E-state index in [1.54, 1.807) is 11.8 Å². The Balaban J connectivity index is 1.53. The van der Waals surface area contributed by atoms with Crippen molar-refractivity contribution >= 4 is 39.5 Å². The number of fused-ring (bicyclic) bond motifs is 2. The van der Waals surface area contributed by atoms with Crippen LogP contribution in [0, 0.1) is 0 Å². The topological polar surface area (TPSA) is 57.0 Å². The number of hydrogen-bond donors (Lipinski definition) is 0. The maximum atomic E-state index is 11.7. The van der Waals surface area contributed by atoms with Gasteiger partial charge in [0.05, 0.1) is 24.0 Å². The van der Waals surface area contributed by atoms with E-state index in [0.717, 1.165) is 34.1 Å². The average molecular weight is 432 g/mol. The molecule has 158 valence electrons. The molecular weight excluding hydrogens is 406 g/mol. The number of rotatable bonds is 8. The van der Waals surface area contributed by atoms with E-state index < -0.39 is 0 Å². The van der Waals surface area contributed by atoms with Crippen molar-refractivity contribution in [2.24, 2.45) is 0 Å². The lowest BCUT2D eigenvalue weighted by atomic mass is 9.99. The minimum absolute atomic E-state index is 0.137. The molecule has 0 radical (unpaired) electrons. The first-order valence-corrected chi connectivity index (χ1v) is 11.9. The SMILES string of the molecule is CCOC(=O)CCCSc1nc2cnccc2n1-c1ccc(C2CC2)c2ccccc12. The van der Waals surface area contributed by atoms with Gasteiger partial charge in [-0.25, -0.2) is 4.98 Å². The Labute approximate surface area is 185 Å². The van der Waals surface area contributed by atoms with Crippen LogP contribution in [0.2, 0.25) is 0 Å². The van der Waals surface area contributed by atoms with Gasteiger partial charge in [-0.15, -0.1) is 0 Å². The second-order valence-electron chi connectivity index (χ2n) is 7.84. The summed E-state index contributed by atoms with van der Waals surface area (Å²) in [7, 11) is 0. The third-order valence-electron chi connectivity index (χ3n) is 5.68. The molecule has 0 N–H and O–H groups in total. The highest BCUT2D eigenvalue weighted by Gasteiger charge is 2.26. The quantitative estimate of drug-likeness (QED) is 0.198. The van der Waals surface area contributed by atoms with E-state index in [1.807, 2.05) is 25.4 Å². The lowest BCUT2D eigenvalue weighted by Gasteiger charge is -2.14. The zero-order valence-corrected chi connectivity index (χ0v) is 18.4. The van der Waals surface area contributed by atoms with Crippen LogP contribution in [0.4, 0.5) is 0 Å². The lowest BCUT2D eigenvalue weighted by Crippen LogP contribution is -2.04. The fourth-order valence-electron chi connectivity index (χ4n) is 4.10. The molecule has 1 fully saturated rings. The van der Waals surface area contributed by atoms with Crippen LogP contribution in [-0.4, -0.2) is 32.9 Å². The number of benzene rings is 2. The maximum absolute atomic E-state index is 11.7. The van der Waals surface area contributed by atoms with Crippen LogP contribution < -0.4 is 0 Å². The first-order valence-electron chi connectivity index (χ1n) is 10.9. The van der Waals surface area contributed by atoms with Gasteiger partial charge in [0.2, 0.25) is 0 Å². The lowest BCUT2D eigenvalue weighted by molar-refractivity contribution is -0.143. The van der Waals surface area contributed by atoms with Crippen LogP contribution in [0.5, 0.6) is 0 Å². The summed E-state index contributed by atoms with van der Waals surface area (Å²) in [6.45, 7) is 2.26. The molecule has 31 heavy (non-hydrogen) atoms. The zero-order valence-electron chi connectivity index (χ0n) is 17.6. The third-order valence-corrected chi connectivity index (χ3v) is 6.71. The summed E-state index contributed by atoms with van der Waals surface area (Å²) in [5.74, 6) is 1.36. The van der Waals surface area contributed by atoms with Gasteiger partial charge in [-0.2, -0.15) is 0 Å². The van der Waals surface area contributed by atoms with E-state index in [0.29, 0.717) is 18.9 Å². The molecule has 0 bridgehead atoms. The highest BCUT2D eigenvalue weighted by molar-refractivity contribution is 7.99. The van der Waals surface area contributed by atoms with Gasteiger partial charge in [-0.05, 0) is 55.2 Å². The average Bonchev–Trinajstić information content (AvgIpc) is 3.57. The minimum atomic E-state index is -0.137. The largest absolute Gasteiger partial charge is 0.466 e. The molecule has 1 saturated carbocycles. The van der Waals surface area contributed by atoms with Gasteiger partial charge in [0, 0.05) is 23.8 Å². The Morgan fingerprint density at radius 1 is 1.16 bits per heavy atom. The number of imidazole rings is 1. The molecule has 0 spiro atoms. The van der Waals surface area contributed by atoms with Gasteiger partial charge in [0.25, 0.3) is 0 Å². The molecule has 0 saturated heterocycles. The first kappa shape index (κ1) is 20.1. The summed E-state index contributed by atoms with van der Waals surface area (Å²) in [6, 6.07) is 15.2. The van der Waals surface area contributed by atoms with Crippen LogP contribution in [0.15, 0.2) is 60.0 Å². The fourth-order valence-corrected chi connectivity index (χ4v) is 5.06. The van der Waals surface area contributed by atoms with Gasteiger partial charge in [0.15, 0.2) is 5.16 Å². The van der Waals surface area contributed by atoms with Crippen molar-refractivity contribution < 1.29 is 9.53 Å². The number of carbonyl (C=O) groups excluding carboxylic acids is 1. The van der Waals surface area contributed by atoms with E-state index in [2.05, 4.69) is 45.9 Å². The molecule has 0 unspecified atom stereocenters. The molecule has 4 aromatic rings. The van der Waals surface area contributed by atoms with Crippen molar-refractivity contribution in [2.45, 2.75) is 43.7 Å². The number of hydrogen-bond acceptors (Lipinski definition) is 5. The van der Waals surface area contributed by atoms with Crippen molar-refractivity contribution in [3.8, 4) is 5.69 Å². The number of nitrogens with zero attached hydrogens (tertiary/aromatic N) is 3. The van der Waals surface area contributed by atoms with E-state index in [9.17, 15) is 4.79 Å². The molecule has 5 rings (SSSR count). The molecule has 5 nitrogen and oxygen atoms in total. The van der Waals surface area contributed by atoms with Crippen LogP contribution in [0.3, 0.4) is 0 Å². The predicted molar refractivity (Wildman–Crippen MR) is 125 cm³/mol. The van der Waals surface area contributed by atoms with Crippen LogP contribution in [-0.2, 0) is 9.53 Å². The summed E-state index contributed by atoms with van der Waals surface area (Å²) >= 11 is 1.68. The molecule has 2 aromatic heterocycles. The minimum Gasteiger partial charge on any atom is -0.466 e. The van der Waals surface area contributed by atoms with Crippen molar-refractivity contribution in [3.05, 3.63) is 60.4 Å². The number of ether oxygens (including phenoxy) is 1. The smallest absolute Gasteiger partial charge is 0.305 e. The summed E-state index contributed by atoms with van der Waals surface area (Å²) < 4.78 is 7.28. The highest BCUT2D eigenvalue weighted by atomic mass is 32.2. The van der Waals surface area contributed by atoms with Gasteiger partial charge in [-0.1, -0.05) is 42.1 Å². The predicted octanol–water partition coefficient (Wildman–Crippen LogP) is 5.89. The molecule has 0 aliphatic heterocycles. The van der Waals surface area contributed by atoms with Crippen LogP contribution >= 0.6 is 11.8 Å². The van der Waals surface area contributed by atoms with Crippen molar-refractivity contribution in [1.29, 1.82) is 0 Å². The maximum Gasteiger partial charge on any atom is 0.305 e. The molecule has 1 aliphatic carbocycles. The number of pyridine rings is 1. The molecular formula is C25H25N3O2S. The van der Waals surface area contributed by atoms with Crippen molar-refractivity contribution in [2.75, 3.05) is 12.4 Å². The monoisotopic (exact) mass is 431 g/mol. The third kappa shape index (κ3) is 4.04. The molecule has 2 heterocycles. The Hall–Kier alpha value is -2.86. The number of carbonyl (C=O) groups is 1. The first-order chi connectivity index (χ1) is 15.3. The highest BCUT2D eigenvalue weighted by Crippen LogP contribution is 2.44. The summed E-state index contributed by atoms with van der Waals surface area (Å²) in [5, 5.41) is 3.50. The Morgan fingerprint density at radius 2 is 2.00 bits per heavy atom. The summed E-state index contributed by atoms with van der Waals surface area (Å²) in [4.78, 5) is 20.8. The normalized spacial score (nSPS) is 13.7. The van der Waals surface area contributed by atoms with Crippen molar-refractivity contribution in [3.63, 3.8) is 0 Å². The van der Waals surface area contributed by atoms with Crippen LogP contribution in [0.25, 0.3) is 27.5 Å². The second-order valence-corrected chi connectivity index (χ2v) is 8.91. The zero-order chi connectivity index (χ0) is 21.2. The van der Waals surface area contributed by atoms with E-state index in [-0.39, 0.29) is 5.97 Å². The Kier molecular flexibility index (Phi) is 5.64. The number of esters is 1. The van der Waals surface area contributed by atoms with Gasteiger partial charge < -0.3 is 4.74 Å². The van der Waals surface area contributed by atoms with Gasteiger partial charge >= 0.3 is 5.97 Å². The summed E-state index contributed by atoms with van der Waals surface area (Å²) in [6.07, 6.45) is 7.38. The molecule has 6 heteroatoms. The molecule has 1 aliphatic rings. The van der Waals surface area contributed by atoms with Gasteiger partial charge in [-0.3, -0.25) is 14.3 Å². The Morgan fingerprint density at radius 3 is 2.81 bits per heavy atom. The van der Waals surface area contributed by atoms with Crippen LogP contribution in [0.1, 0.15) is 44.1 Å².